The molecule has 0 aromatic heterocycles. The van der Waals surface area contributed by atoms with Crippen molar-refractivity contribution in [3.63, 3.8) is 0 Å². The van der Waals surface area contributed by atoms with E-state index in [-0.39, 0.29) is 23.2 Å². The lowest BCUT2D eigenvalue weighted by molar-refractivity contribution is 0.172. The molecule has 1 rings (SSSR count). The number of nitrogens with two attached hydrogens (primary N) is 1. The van der Waals surface area contributed by atoms with Crippen LogP contribution in [0.15, 0.2) is 12.1 Å². The molecular formula is C11H18N2O3. The predicted octanol–water partition coefficient (Wildman–Crippen LogP) is 0.711. The number of anilines is 1. The van der Waals surface area contributed by atoms with Crippen LogP contribution in [-0.4, -0.2) is 27.9 Å². The number of phenols is 2. The summed E-state index contributed by atoms with van der Waals surface area (Å²) in [5.41, 5.74) is 6.30. The van der Waals surface area contributed by atoms with Gasteiger partial charge in [-0.15, -0.1) is 0 Å². The first-order chi connectivity index (χ1) is 7.41. The summed E-state index contributed by atoms with van der Waals surface area (Å²) in [7, 11) is 0. The number of hydrogen-bond acceptors (Lipinski definition) is 5. The van der Waals surface area contributed by atoms with Crippen LogP contribution in [0.5, 0.6) is 11.5 Å². The molecule has 90 valence electrons. The van der Waals surface area contributed by atoms with Crippen molar-refractivity contribution in [1.82, 2.24) is 5.32 Å². The lowest BCUT2D eigenvalue weighted by atomic mass is 10.1. The number of benzene rings is 1. The maximum absolute atomic E-state index is 9.83. The van der Waals surface area contributed by atoms with Crippen LogP contribution in [0, 0.1) is 0 Å². The molecule has 0 aliphatic rings. The maximum atomic E-state index is 9.83. The van der Waals surface area contributed by atoms with Crippen molar-refractivity contribution in [3.05, 3.63) is 17.7 Å². The Bertz CT molecular complexity index is 366. The summed E-state index contributed by atoms with van der Waals surface area (Å²) >= 11 is 0. The van der Waals surface area contributed by atoms with E-state index in [9.17, 15) is 15.3 Å². The molecule has 16 heavy (non-hydrogen) atoms. The highest BCUT2D eigenvalue weighted by Crippen LogP contribution is 2.32. The van der Waals surface area contributed by atoms with Gasteiger partial charge in [-0.1, -0.05) is 13.8 Å². The summed E-state index contributed by atoms with van der Waals surface area (Å²) in [6.07, 6.45) is -0.811. The number of nitrogen functional groups attached to an aromatic ring is 1. The van der Waals surface area contributed by atoms with E-state index in [1.165, 1.54) is 12.1 Å². The molecular weight excluding hydrogens is 208 g/mol. The van der Waals surface area contributed by atoms with Gasteiger partial charge in [-0.2, -0.15) is 0 Å². The summed E-state index contributed by atoms with van der Waals surface area (Å²) in [5.74, 6) is -0.571. The highest BCUT2D eigenvalue weighted by atomic mass is 16.3. The molecule has 0 bridgehead atoms. The summed E-state index contributed by atoms with van der Waals surface area (Å²) in [5, 5.41) is 31.4. The molecule has 1 unspecified atom stereocenters. The Morgan fingerprint density at radius 1 is 1.25 bits per heavy atom. The number of hydrogen-bond donors (Lipinski definition) is 5. The Hall–Kier alpha value is -1.46. The minimum absolute atomic E-state index is 0.251. The average Bonchev–Trinajstić information content (AvgIpc) is 2.20. The molecule has 6 N–H and O–H groups in total. The molecule has 0 aliphatic heterocycles. The van der Waals surface area contributed by atoms with Crippen LogP contribution in [-0.2, 0) is 0 Å². The number of aliphatic hydroxyl groups excluding tert-OH is 1. The first-order valence-electron chi connectivity index (χ1n) is 5.14. The molecule has 1 atom stereocenters. The highest BCUT2D eigenvalue weighted by molar-refractivity contribution is 5.57. The zero-order valence-corrected chi connectivity index (χ0v) is 9.44. The van der Waals surface area contributed by atoms with E-state index in [2.05, 4.69) is 5.32 Å². The summed E-state index contributed by atoms with van der Waals surface area (Å²) < 4.78 is 0. The van der Waals surface area contributed by atoms with Crippen LogP contribution in [0.2, 0.25) is 0 Å². The normalized spacial score (nSPS) is 13.0. The minimum atomic E-state index is -0.811. The molecule has 0 saturated carbocycles. The van der Waals surface area contributed by atoms with Gasteiger partial charge in [0, 0.05) is 29.9 Å². The number of rotatable bonds is 4. The topological polar surface area (TPSA) is 98.7 Å². The average molecular weight is 226 g/mol. The van der Waals surface area contributed by atoms with Gasteiger partial charge in [-0.05, 0) is 6.07 Å². The molecule has 1 aromatic carbocycles. The Morgan fingerprint density at radius 3 is 2.38 bits per heavy atom. The number of phenolic OH excluding ortho intramolecular Hbond substituents is 2. The number of nitrogens with one attached hydrogen (secondary N) is 1. The van der Waals surface area contributed by atoms with Crippen LogP contribution >= 0.6 is 0 Å². The van der Waals surface area contributed by atoms with E-state index in [4.69, 9.17) is 5.73 Å². The van der Waals surface area contributed by atoms with E-state index in [0.29, 0.717) is 12.1 Å². The summed E-state index contributed by atoms with van der Waals surface area (Å²) in [6.45, 7) is 4.26. The Balaban J connectivity index is 2.82. The van der Waals surface area contributed by atoms with Crippen LogP contribution < -0.4 is 11.1 Å². The van der Waals surface area contributed by atoms with Crippen LogP contribution in [0.1, 0.15) is 25.5 Å². The zero-order chi connectivity index (χ0) is 12.3. The minimum Gasteiger partial charge on any atom is -0.504 e. The highest BCUT2D eigenvalue weighted by Gasteiger charge is 2.14. The van der Waals surface area contributed by atoms with Crippen LogP contribution in [0.4, 0.5) is 5.69 Å². The molecule has 0 saturated heterocycles. The van der Waals surface area contributed by atoms with Gasteiger partial charge >= 0.3 is 0 Å². The van der Waals surface area contributed by atoms with Crippen LogP contribution in [0.3, 0.4) is 0 Å². The predicted molar refractivity (Wildman–Crippen MR) is 62.3 cm³/mol. The molecule has 0 radical (unpaired) electrons. The van der Waals surface area contributed by atoms with E-state index in [1.54, 1.807) is 0 Å². The Morgan fingerprint density at radius 2 is 1.81 bits per heavy atom. The van der Waals surface area contributed by atoms with E-state index >= 15 is 0 Å². The zero-order valence-electron chi connectivity index (χ0n) is 9.44. The number of aromatic hydroxyl groups is 2. The number of aliphatic hydroxyl groups is 1. The fourth-order valence-corrected chi connectivity index (χ4v) is 1.36. The second-order valence-electron chi connectivity index (χ2n) is 4.05. The van der Waals surface area contributed by atoms with Gasteiger partial charge in [0.25, 0.3) is 0 Å². The Kier molecular flexibility index (Phi) is 3.98. The van der Waals surface area contributed by atoms with Gasteiger partial charge in [0.05, 0.1) is 6.10 Å². The monoisotopic (exact) mass is 226 g/mol. The molecule has 5 heteroatoms. The van der Waals surface area contributed by atoms with Crippen molar-refractivity contribution < 1.29 is 15.3 Å². The van der Waals surface area contributed by atoms with Gasteiger partial charge in [0.15, 0.2) is 11.5 Å². The summed E-state index contributed by atoms with van der Waals surface area (Å²) in [6, 6.07) is 2.75. The van der Waals surface area contributed by atoms with Crippen molar-refractivity contribution >= 4 is 5.69 Å². The molecule has 1 aromatic rings. The third-order valence-electron chi connectivity index (χ3n) is 2.26. The third-order valence-corrected chi connectivity index (χ3v) is 2.26. The van der Waals surface area contributed by atoms with Crippen molar-refractivity contribution in [1.29, 1.82) is 0 Å². The molecule has 5 nitrogen and oxygen atoms in total. The molecule has 0 heterocycles. The SMILES string of the molecule is CC(C)NCC(O)c1cc(O)c(O)cc1N. The van der Waals surface area contributed by atoms with Crippen molar-refractivity contribution in [2.24, 2.45) is 0 Å². The molecule has 0 spiro atoms. The largest absolute Gasteiger partial charge is 0.504 e. The maximum Gasteiger partial charge on any atom is 0.159 e. The quantitative estimate of drug-likeness (QED) is 0.296. The van der Waals surface area contributed by atoms with E-state index in [0.717, 1.165) is 0 Å². The first-order valence-corrected chi connectivity index (χ1v) is 5.14. The fourth-order valence-electron chi connectivity index (χ4n) is 1.36. The van der Waals surface area contributed by atoms with E-state index < -0.39 is 6.10 Å². The smallest absolute Gasteiger partial charge is 0.159 e. The second-order valence-corrected chi connectivity index (χ2v) is 4.05. The molecule has 0 aliphatic carbocycles. The molecule has 0 amide bonds. The van der Waals surface area contributed by atoms with Gasteiger partial charge < -0.3 is 26.4 Å². The van der Waals surface area contributed by atoms with Gasteiger partial charge in [-0.3, -0.25) is 0 Å². The fraction of sp³-hybridized carbons (Fsp3) is 0.455. The third kappa shape index (κ3) is 3.01. The first kappa shape index (κ1) is 12.6. The van der Waals surface area contributed by atoms with Crippen molar-refractivity contribution in [3.8, 4) is 11.5 Å². The van der Waals surface area contributed by atoms with Crippen molar-refractivity contribution in [2.45, 2.75) is 26.0 Å². The lowest BCUT2D eigenvalue weighted by Gasteiger charge is -2.16. The van der Waals surface area contributed by atoms with Crippen molar-refractivity contribution in [2.75, 3.05) is 12.3 Å². The second kappa shape index (κ2) is 5.05. The van der Waals surface area contributed by atoms with Gasteiger partial charge in [-0.25, -0.2) is 0 Å². The molecule has 0 fully saturated rings. The van der Waals surface area contributed by atoms with Gasteiger partial charge in [0.1, 0.15) is 0 Å². The van der Waals surface area contributed by atoms with Gasteiger partial charge in [0.2, 0.25) is 0 Å². The van der Waals surface area contributed by atoms with E-state index in [1.807, 2.05) is 13.8 Å². The lowest BCUT2D eigenvalue weighted by Crippen LogP contribution is -2.28. The Labute approximate surface area is 94.5 Å². The van der Waals surface area contributed by atoms with Crippen LogP contribution in [0.25, 0.3) is 0 Å². The summed E-state index contributed by atoms with van der Waals surface area (Å²) in [4.78, 5) is 0. The standard InChI is InChI=1S/C11H18N2O3/c1-6(2)13-5-11(16)7-3-9(14)10(15)4-8(7)12/h3-4,6,11,13-16H,5,12H2,1-2H3.